The molecule has 1 fully saturated rings. The van der Waals surface area contributed by atoms with Crippen LogP contribution in [-0.2, 0) is 9.53 Å². The molecule has 3 atom stereocenters. The summed E-state index contributed by atoms with van der Waals surface area (Å²) in [6, 6.07) is 0. The molecular formula is C13H25NO4. The van der Waals surface area contributed by atoms with Crippen LogP contribution in [0.25, 0.3) is 0 Å². The predicted molar refractivity (Wildman–Crippen MR) is 68.5 cm³/mol. The summed E-state index contributed by atoms with van der Waals surface area (Å²) in [5.41, 5.74) is 0. The van der Waals surface area contributed by atoms with Gasteiger partial charge in [0.25, 0.3) is 0 Å². The van der Waals surface area contributed by atoms with Gasteiger partial charge in [0.05, 0.1) is 12.7 Å². The van der Waals surface area contributed by atoms with Crippen molar-refractivity contribution in [2.75, 3.05) is 33.4 Å². The van der Waals surface area contributed by atoms with Gasteiger partial charge >= 0.3 is 5.97 Å². The van der Waals surface area contributed by atoms with Gasteiger partial charge in [-0.15, -0.1) is 0 Å². The first kappa shape index (κ1) is 15.4. The Balaban J connectivity index is 2.38. The van der Waals surface area contributed by atoms with Gasteiger partial charge in [0.15, 0.2) is 0 Å². The van der Waals surface area contributed by atoms with E-state index < -0.39 is 12.1 Å². The highest BCUT2D eigenvalue weighted by molar-refractivity contribution is 5.66. The Hall–Kier alpha value is -0.650. The number of aliphatic carboxylic acids is 1. The van der Waals surface area contributed by atoms with Gasteiger partial charge in [0.2, 0.25) is 0 Å². The standard InChI is InChI=1S/C13H25NO4/c1-10(6-13(16)17)11-4-3-5-14(7-11)8-12(15)9-18-2/h10-12,15H,3-9H2,1-2H3,(H,16,17). The quantitative estimate of drug-likeness (QED) is 0.708. The number of hydrogen-bond acceptors (Lipinski definition) is 4. The average Bonchev–Trinajstić information content (AvgIpc) is 2.28. The molecule has 1 aliphatic heterocycles. The van der Waals surface area contributed by atoms with E-state index in [4.69, 9.17) is 9.84 Å². The molecule has 0 saturated carbocycles. The van der Waals surface area contributed by atoms with Crippen molar-refractivity contribution >= 4 is 5.97 Å². The van der Waals surface area contributed by atoms with Crippen LogP contribution >= 0.6 is 0 Å². The molecule has 1 aliphatic rings. The lowest BCUT2D eigenvalue weighted by molar-refractivity contribution is -0.138. The maximum atomic E-state index is 10.7. The van der Waals surface area contributed by atoms with E-state index >= 15 is 0 Å². The van der Waals surface area contributed by atoms with Crippen molar-refractivity contribution in [3.8, 4) is 0 Å². The number of nitrogens with zero attached hydrogens (tertiary/aromatic N) is 1. The summed E-state index contributed by atoms with van der Waals surface area (Å²) < 4.78 is 4.92. The molecule has 1 rings (SSSR count). The number of aliphatic hydroxyl groups excluding tert-OH is 1. The molecule has 0 bridgehead atoms. The van der Waals surface area contributed by atoms with Gasteiger partial charge in [0, 0.05) is 26.6 Å². The Morgan fingerprint density at radius 2 is 2.28 bits per heavy atom. The molecule has 2 N–H and O–H groups in total. The number of carbonyl (C=O) groups is 1. The lowest BCUT2D eigenvalue weighted by atomic mass is 9.84. The zero-order chi connectivity index (χ0) is 13.5. The number of likely N-dealkylation sites (tertiary alicyclic amines) is 1. The van der Waals surface area contributed by atoms with Gasteiger partial charge in [-0.1, -0.05) is 6.92 Å². The van der Waals surface area contributed by atoms with E-state index in [2.05, 4.69) is 4.90 Å². The molecule has 3 unspecified atom stereocenters. The fraction of sp³-hybridized carbons (Fsp3) is 0.923. The van der Waals surface area contributed by atoms with Crippen LogP contribution in [0.2, 0.25) is 0 Å². The molecule has 0 amide bonds. The van der Waals surface area contributed by atoms with Crippen LogP contribution in [0, 0.1) is 11.8 Å². The van der Waals surface area contributed by atoms with Crippen molar-refractivity contribution in [1.29, 1.82) is 0 Å². The molecule has 0 spiro atoms. The Labute approximate surface area is 109 Å². The number of rotatable bonds is 7. The van der Waals surface area contributed by atoms with Gasteiger partial charge < -0.3 is 19.8 Å². The van der Waals surface area contributed by atoms with Gasteiger partial charge in [-0.05, 0) is 31.2 Å². The lowest BCUT2D eigenvalue weighted by Gasteiger charge is -2.36. The Bertz CT molecular complexity index is 259. The van der Waals surface area contributed by atoms with Crippen LogP contribution in [0.1, 0.15) is 26.2 Å². The molecule has 5 heteroatoms. The number of β-amino-alcohol motifs (C(OH)–C–C–N with tert-alkyl or cyclic N) is 1. The zero-order valence-corrected chi connectivity index (χ0v) is 11.3. The van der Waals surface area contributed by atoms with Crippen LogP contribution < -0.4 is 0 Å². The normalized spacial score (nSPS) is 24.7. The predicted octanol–water partition coefficient (Wildman–Crippen LogP) is 0.816. The highest BCUT2D eigenvalue weighted by atomic mass is 16.5. The van der Waals surface area contributed by atoms with Crippen molar-refractivity contribution in [2.24, 2.45) is 11.8 Å². The number of hydrogen-bond donors (Lipinski definition) is 2. The maximum Gasteiger partial charge on any atom is 0.303 e. The minimum atomic E-state index is -0.723. The summed E-state index contributed by atoms with van der Waals surface area (Å²) in [5, 5.41) is 18.5. The maximum absolute atomic E-state index is 10.7. The molecule has 0 aromatic heterocycles. The van der Waals surface area contributed by atoms with E-state index in [0.717, 1.165) is 25.9 Å². The minimum absolute atomic E-state index is 0.199. The highest BCUT2D eigenvalue weighted by Crippen LogP contribution is 2.26. The van der Waals surface area contributed by atoms with Crippen LogP contribution in [0.5, 0.6) is 0 Å². The number of carboxylic acid groups (broad SMARTS) is 1. The smallest absolute Gasteiger partial charge is 0.303 e. The third-order valence-electron chi connectivity index (χ3n) is 3.67. The van der Waals surface area contributed by atoms with Crippen LogP contribution in [0.4, 0.5) is 0 Å². The lowest BCUT2D eigenvalue weighted by Crippen LogP contribution is -2.43. The van der Waals surface area contributed by atoms with Crippen molar-refractivity contribution in [3.05, 3.63) is 0 Å². The van der Waals surface area contributed by atoms with Crippen LogP contribution in [-0.4, -0.2) is 60.5 Å². The zero-order valence-electron chi connectivity index (χ0n) is 11.3. The Morgan fingerprint density at radius 3 is 2.89 bits per heavy atom. The second-order valence-electron chi connectivity index (χ2n) is 5.35. The fourth-order valence-electron chi connectivity index (χ4n) is 2.71. The summed E-state index contributed by atoms with van der Waals surface area (Å²) in [4.78, 5) is 12.9. The third-order valence-corrected chi connectivity index (χ3v) is 3.67. The molecule has 0 aliphatic carbocycles. The average molecular weight is 259 g/mol. The van der Waals surface area contributed by atoms with Crippen molar-refractivity contribution in [3.63, 3.8) is 0 Å². The topological polar surface area (TPSA) is 70.0 Å². The summed E-state index contributed by atoms with van der Waals surface area (Å²) in [6.45, 7) is 4.84. The van der Waals surface area contributed by atoms with Gasteiger partial charge in [0.1, 0.15) is 0 Å². The largest absolute Gasteiger partial charge is 0.481 e. The number of ether oxygens (including phenoxy) is 1. The van der Waals surface area contributed by atoms with Crippen LogP contribution in [0.3, 0.4) is 0 Å². The van der Waals surface area contributed by atoms with Gasteiger partial charge in [-0.25, -0.2) is 0 Å². The van der Waals surface area contributed by atoms with E-state index in [9.17, 15) is 9.90 Å². The van der Waals surface area contributed by atoms with Crippen molar-refractivity contribution in [1.82, 2.24) is 4.90 Å². The van der Waals surface area contributed by atoms with E-state index in [1.807, 2.05) is 6.92 Å². The van der Waals surface area contributed by atoms with Crippen molar-refractivity contribution < 1.29 is 19.7 Å². The van der Waals surface area contributed by atoms with Crippen molar-refractivity contribution in [2.45, 2.75) is 32.3 Å². The molecule has 5 nitrogen and oxygen atoms in total. The molecule has 106 valence electrons. The Kier molecular flexibility index (Phi) is 6.60. The van der Waals surface area contributed by atoms with E-state index in [1.54, 1.807) is 7.11 Å². The van der Waals surface area contributed by atoms with E-state index in [1.165, 1.54) is 0 Å². The molecule has 0 radical (unpaired) electrons. The van der Waals surface area contributed by atoms with Gasteiger partial charge in [-0.2, -0.15) is 0 Å². The summed E-state index contributed by atoms with van der Waals surface area (Å²) in [7, 11) is 1.58. The van der Waals surface area contributed by atoms with Crippen LogP contribution in [0.15, 0.2) is 0 Å². The van der Waals surface area contributed by atoms with E-state index in [0.29, 0.717) is 19.1 Å². The summed E-state index contributed by atoms with van der Waals surface area (Å²) >= 11 is 0. The molecule has 18 heavy (non-hydrogen) atoms. The number of carboxylic acids is 1. The van der Waals surface area contributed by atoms with Gasteiger partial charge in [-0.3, -0.25) is 4.79 Å². The second-order valence-corrected chi connectivity index (χ2v) is 5.35. The molecule has 1 heterocycles. The minimum Gasteiger partial charge on any atom is -0.481 e. The molecular weight excluding hydrogens is 234 g/mol. The molecule has 0 aromatic rings. The SMILES string of the molecule is COCC(O)CN1CCCC(C(C)CC(=O)O)C1. The molecule has 1 saturated heterocycles. The fourth-order valence-corrected chi connectivity index (χ4v) is 2.71. The first-order chi connectivity index (χ1) is 8.52. The monoisotopic (exact) mass is 259 g/mol. The summed E-state index contributed by atoms with van der Waals surface area (Å²) in [6.07, 6.45) is 1.95. The number of methoxy groups -OCH3 is 1. The first-order valence-electron chi connectivity index (χ1n) is 6.64. The second kappa shape index (κ2) is 7.71. The number of piperidine rings is 1. The molecule has 0 aromatic carbocycles. The third kappa shape index (κ3) is 5.33. The van der Waals surface area contributed by atoms with E-state index in [-0.39, 0.29) is 12.3 Å². The number of aliphatic hydroxyl groups is 1. The summed E-state index contributed by atoms with van der Waals surface area (Å²) in [5.74, 6) is -0.103. The highest BCUT2D eigenvalue weighted by Gasteiger charge is 2.26. The first-order valence-corrected chi connectivity index (χ1v) is 6.64. The Morgan fingerprint density at radius 1 is 1.56 bits per heavy atom.